The van der Waals surface area contributed by atoms with E-state index in [4.69, 9.17) is 0 Å². The van der Waals surface area contributed by atoms with E-state index in [-0.39, 0.29) is 16.5 Å². The third kappa shape index (κ3) is 3.72. The van der Waals surface area contributed by atoms with Gasteiger partial charge in [0.15, 0.2) is 0 Å². The summed E-state index contributed by atoms with van der Waals surface area (Å²) in [6.45, 7) is 0. The molecule has 0 atom stereocenters. The standard InChI is InChI=1S/C24H16N2O6S2/c27-33(28,29)23-19(16-10-5-2-6-11-16)20-18(15-8-3-1-4-9-15)14-17-12-7-13-25-21(17)22(20)26-24(23)34(30,31)32/h1-14H,(H,27,28,29)(H,30,31,32). The van der Waals surface area contributed by atoms with E-state index in [0.717, 1.165) is 0 Å². The lowest BCUT2D eigenvalue weighted by Gasteiger charge is -2.18. The van der Waals surface area contributed by atoms with Crippen molar-refractivity contribution >= 4 is 42.0 Å². The van der Waals surface area contributed by atoms with Crippen LogP contribution in [0.4, 0.5) is 0 Å². The number of pyridine rings is 2. The smallest absolute Gasteiger partial charge is 0.282 e. The van der Waals surface area contributed by atoms with Gasteiger partial charge in [0.1, 0.15) is 4.90 Å². The Hall–Kier alpha value is -3.70. The molecular formula is C24H16N2O6S2. The molecule has 34 heavy (non-hydrogen) atoms. The van der Waals surface area contributed by atoms with Gasteiger partial charge in [0.05, 0.1) is 11.0 Å². The van der Waals surface area contributed by atoms with Crippen LogP contribution in [0.2, 0.25) is 0 Å². The molecule has 0 aliphatic heterocycles. The van der Waals surface area contributed by atoms with Gasteiger partial charge in [-0.3, -0.25) is 14.1 Å². The summed E-state index contributed by atoms with van der Waals surface area (Å²) in [5.41, 5.74) is 1.83. The Kier molecular flexibility index (Phi) is 5.18. The lowest BCUT2D eigenvalue weighted by molar-refractivity contribution is 0.463. The first kappa shape index (κ1) is 22.1. The molecule has 2 aromatic heterocycles. The molecule has 0 bridgehead atoms. The summed E-state index contributed by atoms with van der Waals surface area (Å²) in [6, 6.07) is 22.5. The molecule has 3 aromatic carbocycles. The molecular weight excluding hydrogens is 476 g/mol. The van der Waals surface area contributed by atoms with Gasteiger partial charge < -0.3 is 0 Å². The first-order valence-corrected chi connectivity index (χ1v) is 12.9. The highest BCUT2D eigenvalue weighted by atomic mass is 32.2. The zero-order valence-electron chi connectivity index (χ0n) is 17.3. The molecule has 0 spiro atoms. The molecule has 5 aromatic rings. The van der Waals surface area contributed by atoms with Gasteiger partial charge in [0.2, 0.25) is 5.03 Å². The first-order chi connectivity index (χ1) is 16.2. The van der Waals surface area contributed by atoms with E-state index in [9.17, 15) is 25.9 Å². The number of fused-ring (bicyclic) bond motifs is 3. The highest BCUT2D eigenvalue weighted by molar-refractivity contribution is 7.89. The lowest BCUT2D eigenvalue weighted by atomic mass is 9.92. The number of nitrogens with zero attached hydrogens (tertiary/aromatic N) is 2. The van der Waals surface area contributed by atoms with Crippen molar-refractivity contribution in [3.63, 3.8) is 0 Å². The summed E-state index contributed by atoms with van der Waals surface area (Å²) in [7, 11) is -10.3. The second-order valence-electron chi connectivity index (χ2n) is 7.53. The molecule has 2 N–H and O–H groups in total. The second-order valence-corrected chi connectivity index (χ2v) is 10.2. The topological polar surface area (TPSA) is 135 Å². The zero-order chi connectivity index (χ0) is 24.1. The number of aromatic nitrogens is 2. The molecule has 0 amide bonds. The van der Waals surface area contributed by atoms with Crippen LogP contribution >= 0.6 is 0 Å². The van der Waals surface area contributed by atoms with Crippen LogP contribution < -0.4 is 0 Å². The van der Waals surface area contributed by atoms with Crippen molar-refractivity contribution in [3.8, 4) is 22.3 Å². The van der Waals surface area contributed by atoms with Crippen molar-refractivity contribution < 1.29 is 25.9 Å². The minimum absolute atomic E-state index is 0.0656. The maximum atomic E-state index is 12.6. The second kappa shape index (κ2) is 7.96. The summed E-state index contributed by atoms with van der Waals surface area (Å²) in [4.78, 5) is 7.42. The van der Waals surface area contributed by atoms with Gasteiger partial charge in [-0.05, 0) is 28.8 Å². The molecule has 0 fully saturated rings. The largest absolute Gasteiger partial charge is 0.313 e. The van der Waals surface area contributed by atoms with Crippen LogP contribution in [0.25, 0.3) is 44.1 Å². The van der Waals surface area contributed by atoms with E-state index in [1.807, 2.05) is 18.2 Å². The van der Waals surface area contributed by atoms with Crippen LogP contribution in [0.15, 0.2) is 95.0 Å². The van der Waals surface area contributed by atoms with Gasteiger partial charge in [0.25, 0.3) is 10.1 Å². The summed E-state index contributed by atoms with van der Waals surface area (Å²) in [5, 5.41) is -0.275. The SMILES string of the molecule is O=S(=O)(O)c1nc2c(c(-c3ccccc3)cc3cccnc32)c(-c2ccccc2)c1S(=O)(=O)O. The van der Waals surface area contributed by atoms with E-state index in [0.29, 0.717) is 27.6 Å². The maximum Gasteiger partial charge on any atom is 0.313 e. The molecule has 0 aliphatic carbocycles. The molecule has 0 saturated carbocycles. The van der Waals surface area contributed by atoms with E-state index >= 15 is 0 Å². The van der Waals surface area contributed by atoms with Gasteiger partial charge in [-0.1, -0.05) is 66.7 Å². The van der Waals surface area contributed by atoms with Crippen LogP contribution in [0.3, 0.4) is 0 Å². The third-order valence-electron chi connectivity index (χ3n) is 5.40. The molecule has 0 aliphatic rings. The Morgan fingerprint density at radius 1 is 0.676 bits per heavy atom. The van der Waals surface area contributed by atoms with Crippen molar-refractivity contribution in [3.05, 3.63) is 85.1 Å². The van der Waals surface area contributed by atoms with Crippen molar-refractivity contribution in [1.29, 1.82) is 0 Å². The number of rotatable bonds is 4. The molecule has 0 saturated heterocycles. The number of hydrogen-bond donors (Lipinski definition) is 2. The summed E-state index contributed by atoms with van der Waals surface area (Å²) in [5.74, 6) is 0. The van der Waals surface area contributed by atoms with Crippen molar-refractivity contribution in [2.45, 2.75) is 9.92 Å². The molecule has 2 heterocycles. The molecule has 170 valence electrons. The van der Waals surface area contributed by atoms with Crippen molar-refractivity contribution in [2.75, 3.05) is 0 Å². The van der Waals surface area contributed by atoms with Crippen molar-refractivity contribution in [2.24, 2.45) is 0 Å². The van der Waals surface area contributed by atoms with Crippen LogP contribution in [-0.4, -0.2) is 35.9 Å². The monoisotopic (exact) mass is 492 g/mol. The van der Waals surface area contributed by atoms with Gasteiger partial charge in [-0.15, -0.1) is 0 Å². The Morgan fingerprint density at radius 2 is 1.29 bits per heavy atom. The van der Waals surface area contributed by atoms with E-state index in [1.165, 1.54) is 6.20 Å². The molecule has 0 unspecified atom stereocenters. The van der Waals surface area contributed by atoms with Gasteiger partial charge in [0, 0.05) is 22.5 Å². The maximum absolute atomic E-state index is 12.6. The van der Waals surface area contributed by atoms with E-state index in [1.54, 1.807) is 60.7 Å². The summed E-state index contributed by atoms with van der Waals surface area (Å²) < 4.78 is 69.9. The van der Waals surface area contributed by atoms with Crippen LogP contribution in [0.5, 0.6) is 0 Å². The lowest BCUT2D eigenvalue weighted by Crippen LogP contribution is -2.13. The average molecular weight is 493 g/mol. The molecule has 0 radical (unpaired) electrons. The predicted molar refractivity (Wildman–Crippen MR) is 128 cm³/mol. The fourth-order valence-corrected chi connectivity index (χ4v) is 6.00. The van der Waals surface area contributed by atoms with Crippen LogP contribution in [0, 0.1) is 0 Å². The Bertz CT molecular complexity index is 1790. The average Bonchev–Trinajstić information content (AvgIpc) is 2.82. The molecule has 8 nitrogen and oxygen atoms in total. The third-order valence-corrected chi connectivity index (χ3v) is 7.23. The predicted octanol–water partition coefficient (Wildman–Crippen LogP) is 4.61. The summed E-state index contributed by atoms with van der Waals surface area (Å²) in [6.07, 6.45) is 1.50. The highest BCUT2D eigenvalue weighted by Gasteiger charge is 2.33. The minimum atomic E-state index is -5.16. The fraction of sp³-hybridized carbons (Fsp3) is 0. The normalized spacial score (nSPS) is 12.3. The highest BCUT2D eigenvalue weighted by Crippen LogP contribution is 2.44. The van der Waals surface area contributed by atoms with Gasteiger partial charge in [-0.2, -0.15) is 16.8 Å². The number of hydrogen-bond acceptors (Lipinski definition) is 6. The van der Waals surface area contributed by atoms with Gasteiger partial charge in [-0.25, -0.2) is 4.98 Å². The van der Waals surface area contributed by atoms with Crippen LogP contribution in [-0.2, 0) is 20.2 Å². The van der Waals surface area contributed by atoms with Crippen molar-refractivity contribution in [1.82, 2.24) is 9.97 Å². The zero-order valence-corrected chi connectivity index (χ0v) is 19.0. The fourth-order valence-electron chi connectivity index (χ4n) is 4.08. The van der Waals surface area contributed by atoms with Gasteiger partial charge >= 0.3 is 10.1 Å². The number of benzene rings is 3. The van der Waals surface area contributed by atoms with E-state index in [2.05, 4.69) is 9.97 Å². The first-order valence-electron chi connectivity index (χ1n) is 9.97. The quantitative estimate of drug-likeness (QED) is 0.274. The summed E-state index contributed by atoms with van der Waals surface area (Å²) >= 11 is 0. The minimum Gasteiger partial charge on any atom is -0.282 e. The molecule has 10 heteroatoms. The van der Waals surface area contributed by atoms with E-state index < -0.39 is 30.2 Å². The Balaban J connectivity index is 2.18. The Morgan fingerprint density at radius 3 is 1.88 bits per heavy atom. The molecule has 5 rings (SSSR count). The van der Waals surface area contributed by atoms with Crippen LogP contribution in [0.1, 0.15) is 0 Å². The Labute approximate surface area is 195 Å².